The molecule has 3 N–H and O–H groups in total. The molecule has 2 fully saturated rings. The van der Waals surface area contributed by atoms with Gasteiger partial charge in [-0.15, -0.1) is 24.0 Å². The molecule has 29 heavy (non-hydrogen) atoms. The number of carbonyl (C=O) groups excluding carboxylic acids is 1. The summed E-state index contributed by atoms with van der Waals surface area (Å²) >= 11 is 0. The number of carbonyl (C=O) groups is 1. The molecule has 1 heterocycles. The molecule has 3 rings (SSSR count). The van der Waals surface area contributed by atoms with Gasteiger partial charge in [-0.05, 0) is 49.9 Å². The van der Waals surface area contributed by atoms with Gasteiger partial charge in [-0.25, -0.2) is 0 Å². The summed E-state index contributed by atoms with van der Waals surface area (Å²) in [6, 6.07) is 9.10. The van der Waals surface area contributed by atoms with Gasteiger partial charge >= 0.3 is 0 Å². The molecule has 7 heteroatoms. The van der Waals surface area contributed by atoms with Gasteiger partial charge in [0.25, 0.3) is 0 Å². The number of halogens is 1. The van der Waals surface area contributed by atoms with Crippen molar-refractivity contribution in [2.45, 2.75) is 64.1 Å². The van der Waals surface area contributed by atoms with E-state index in [-0.39, 0.29) is 36.4 Å². The third kappa shape index (κ3) is 8.50. The van der Waals surface area contributed by atoms with Crippen molar-refractivity contribution < 1.29 is 4.79 Å². The summed E-state index contributed by atoms with van der Waals surface area (Å²) in [6.45, 7) is 4.44. The van der Waals surface area contributed by atoms with Crippen molar-refractivity contribution in [1.82, 2.24) is 20.9 Å². The van der Waals surface area contributed by atoms with Crippen molar-refractivity contribution in [2.24, 2.45) is 4.99 Å². The number of nitrogens with zero attached hydrogens (tertiary/aromatic N) is 2. The van der Waals surface area contributed by atoms with Crippen LogP contribution in [0.5, 0.6) is 0 Å². The Bertz CT molecular complexity index is 637. The molecule has 0 atom stereocenters. The highest BCUT2D eigenvalue weighted by Crippen LogP contribution is 2.17. The number of guanidine groups is 1. The molecular weight excluding hydrogens is 477 g/mol. The van der Waals surface area contributed by atoms with Crippen molar-refractivity contribution in [3.63, 3.8) is 0 Å². The standard InChI is InChI=1S/C22H35N5O.HI/c1-23-22(25-16-21(28)26-20-7-3-2-4-8-20)24-15-18-9-11-19(12-10-18)17-27-13-5-6-14-27;/h9-12,20H,2-8,13-17H2,1H3,(H,26,28)(H2,23,24,25);1H. The van der Waals surface area contributed by atoms with Crippen LogP contribution in [0, 0.1) is 0 Å². The number of hydrogen-bond acceptors (Lipinski definition) is 3. The van der Waals surface area contributed by atoms with Crippen LogP contribution in [-0.2, 0) is 17.9 Å². The number of nitrogens with one attached hydrogen (secondary N) is 3. The van der Waals surface area contributed by atoms with Crippen LogP contribution in [-0.4, -0.2) is 49.5 Å². The van der Waals surface area contributed by atoms with Crippen molar-refractivity contribution in [3.8, 4) is 0 Å². The van der Waals surface area contributed by atoms with Gasteiger partial charge in [0.2, 0.25) is 5.91 Å². The van der Waals surface area contributed by atoms with Crippen LogP contribution >= 0.6 is 24.0 Å². The lowest BCUT2D eigenvalue weighted by Crippen LogP contribution is -2.45. The molecule has 2 aliphatic rings. The minimum absolute atomic E-state index is 0. The average molecular weight is 513 g/mol. The Morgan fingerprint density at radius 3 is 2.31 bits per heavy atom. The van der Waals surface area contributed by atoms with Gasteiger partial charge in [0.05, 0.1) is 6.54 Å². The first-order chi connectivity index (χ1) is 13.7. The van der Waals surface area contributed by atoms with E-state index >= 15 is 0 Å². The summed E-state index contributed by atoms with van der Waals surface area (Å²) in [5, 5.41) is 9.51. The van der Waals surface area contributed by atoms with Gasteiger partial charge in [0.1, 0.15) is 0 Å². The topological polar surface area (TPSA) is 68.8 Å². The molecule has 0 radical (unpaired) electrons. The monoisotopic (exact) mass is 513 g/mol. The van der Waals surface area contributed by atoms with E-state index in [1.54, 1.807) is 7.05 Å². The first-order valence-corrected chi connectivity index (χ1v) is 10.8. The Labute approximate surface area is 192 Å². The average Bonchev–Trinajstić information content (AvgIpc) is 3.23. The van der Waals surface area contributed by atoms with Gasteiger partial charge in [-0.1, -0.05) is 43.5 Å². The van der Waals surface area contributed by atoms with E-state index in [2.05, 4.69) is 50.1 Å². The van der Waals surface area contributed by atoms with Crippen LogP contribution in [0.25, 0.3) is 0 Å². The predicted molar refractivity (Wildman–Crippen MR) is 130 cm³/mol. The minimum atomic E-state index is 0. The van der Waals surface area contributed by atoms with Crippen LogP contribution in [0.2, 0.25) is 0 Å². The molecule has 1 aliphatic carbocycles. The second-order valence-corrected chi connectivity index (χ2v) is 7.98. The third-order valence-corrected chi connectivity index (χ3v) is 5.70. The Balaban J connectivity index is 0.00000300. The summed E-state index contributed by atoms with van der Waals surface area (Å²) < 4.78 is 0. The van der Waals surface area contributed by atoms with Gasteiger partial charge < -0.3 is 16.0 Å². The quantitative estimate of drug-likeness (QED) is 0.298. The molecule has 1 aliphatic heterocycles. The predicted octanol–water partition coefficient (Wildman–Crippen LogP) is 3.01. The number of benzene rings is 1. The van der Waals surface area contributed by atoms with E-state index in [9.17, 15) is 4.79 Å². The fourth-order valence-corrected chi connectivity index (χ4v) is 4.06. The maximum atomic E-state index is 12.1. The van der Waals surface area contributed by atoms with E-state index in [0.717, 1.165) is 19.4 Å². The molecule has 0 aromatic heterocycles. The largest absolute Gasteiger partial charge is 0.352 e. The molecule has 0 unspecified atom stereocenters. The lowest BCUT2D eigenvalue weighted by Gasteiger charge is -2.23. The second kappa shape index (κ2) is 13.1. The van der Waals surface area contributed by atoms with E-state index < -0.39 is 0 Å². The molecule has 6 nitrogen and oxygen atoms in total. The van der Waals surface area contributed by atoms with E-state index in [1.807, 2.05) is 0 Å². The maximum Gasteiger partial charge on any atom is 0.239 e. The molecule has 0 spiro atoms. The Morgan fingerprint density at radius 2 is 1.66 bits per heavy atom. The van der Waals surface area contributed by atoms with E-state index in [1.165, 1.54) is 56.3 Å². The normalized spacial score (nSPS) is 18.2. The molecular formula is C22H36IN5O. The number of aliphatic imine (C=N–C) groups is 1. The van der Waals surface area contributed by atoms with Crippen LogP contribution in [0.3, 0.4) is 0 Å². The lowest BCUT2D eigenvalue weighted by molar-refractivity contribution is -0.120. The summed E-state index contributed by atoms with van der Waals surface area (Å²) in [5.74, 6) is 0.695. The van der Waals surface area contributed by atoms with Crippen LogP contribution in [0.1, 0.15) is 56.1 Å². The molecule has 1 aromatic rings. The van der Waals surface area contributed by atoms with Crippen LogP contribution in [0.15, 0.2) is 29.3 Å². The highest BCUT2D eigenvalue weighted by molar-refractivity contribution is 14.0. The Morgan fingerprint density at radius 1 is 1.00 bits per heavy atom. The molecule has 162 valence electrons. The smallest absolute Gasteiger partial charge is 0.239 e. The highest BCUT2D eigenvalue weighted by atomic mass is 127. The molecule has 0 bridgehead atoms. The summed E-state index contributed by atoms with van der Waals surface area (Å²) in [5.41, 5.74) is 2.58. The van der Waals surface area contributed by atoms with Crippen molar-refractivity contribution in [3.05, 3.63) is 35.4 Å². The molecule has 1 amide bonds. The summed E-state index contributed by atoms with van der Waals surface area (Å²) in [7, 11) is 1.73. The number of likely N-dealkylation sites (tertiary alicyclic amines) is 1. The SMILES string of the molecule is CN=C(NCC(=O)NC1CCCCC1)NCc1ccc(CN2CCCC2)cc1.I. The van der Waals surface area contributed by atoms with Gasteiger partial charge in [0, 0.05) is 26.2 Å². The van der Waals surface area contributed by atoms with Crippen molar-refractivity contribution >= 4 is 35.8 Å². The minimum Gasteiger partial charge on any atom is -0.352 e. The Kier molecular flexibility index (Phi) is 10.8. The zero-order valence-electron chi connectivity index (χ0n) is 17.6. The number of rotatable bonds is 7. The van der Waals surface area contributed by atoms with E-state index in [4.69, 9.17) is 0 Å². The first-order valence-electron chi connectivity index (χ1n) is 10.8. The van der Waals surface area contributed by atoms with Gasteiger partial charge in [0.15, 0.2) is 5.96 Å². The van der Waals surface area contributed by atoms with Crippen molar-refractivity contribution in [1.29, 1.82) is 0 Å². The third-order valence-electron chi connectivity index (χ3n) is 5.70. The van der Waals surface area contributed by atoms with E-state index in [0.29, 0.717) is 18.5 Å². The molecule has 1 aromatic carbocycles. The summed E-state index contributed by atoms with van der Waals surface area (Å²) in [6.07, 6.45) is 8.59. The second-order valence-electron chi connectivity index (χ2n) is 7.98. The Hall–Kier alpha value is -1.35. The summed E-state index contributed by atoms with van der Waals surface area (Å²) in [4.78, 5) is 18.9. The maximum absolute atomic E-state index is 12.1. The molecule has 1 saturated heterocycles. The molecule has 1 saturated carbocycles. The zero-order valence-corrected chi connectivity index (χ0v) is 19.9. The van der Waals surface area contributed by atoms with Gasteiger partial charge in [-0.3, -0.25) is 14.7 Å². The van der Waals surface area contributed by atoms with Crippen LogP contribution < -0.4 is 16.0 Å². The lowest BCUT2D eigenvalue weighted by atomic mass is 9.95. The highest BCUT2D eigenvalue weighted by Gasteiger charge is 2.15. The first kappa shape index (κ1) is 23.9. The fraction of sp³-hybridized carbons (Fsp3) is 0.636. The zero-order chi connectivity index (χ0) is 19.6. The number of amides is 1. The fourth-order valence-electron chi connectivity index (χ4n) is 4.06. The van der Waals surface area contributed by atoms with Gasteiger partial charge in [-0.2, -0.15) is 0 Å². The van der Waals surface area contributed by atoms with Crippen molar-refractivity contribution in [2.75, 3.05) is 26.7 Å². The number of hydrogen-bond donors (Lipinski definition) is 3. The van der Waals surface area contributed by atoms with Crippen LogP contribution in [0.4, 0.5) is 0 Å².